The predicted molar refractivity (Wildman–Crippen MR) is 48.6 cm³/mol. The zero-order chi connectivity index (χ0) is 9.42. The molecule has 2 N–H and O–H groups in total. The van der Waals surface area contributed by atoms with Crippen LogP contribution >= 0.6 is 0 Å². The van der Waals surface area contributed by atoms with Crippen LogP contribution in [0.15, 0.2) is 0 Å². The standard InChI is InChI=1S/C9H16N2O2/c1-6-8-3-2-4-11(8)5-7(10-6)9(12)13/h6-8,10H,2-5H2,1H3,(H,12,13)/t6?,7-,8+/m0/s1. The molecule has 0 amide bonds. The maximum absolute atomic E-state index is 10.8. The second-order valence-corrected chi connectivity index (χ2v) is 4.05. The topological polar surface area (TPSA) is 52.6 Å². The number of carboxylic acids is 1. The molecule has 0 bridgehead atoms. The molecule has 3 atom stereocenters. The number of carboxylic acid groups (broad SMARTS) is 1. The van der Waals surface area contributed by atoms with Crippen LogP contribution in [-0.2, 0) is 4.79 Å². The fourth-order valence-corrected chi connectivity index (χ4v) is 2.51. The van der Waals surface area contributed by atoms with Gasteiger partial charge in [-0.05, 0) is 26.3 Å². The quantitative estimate of drug-likeness (QED) is 0.597. The summed E-state index contributed by atoms with van der Waals surface area (Å²) in [4.78, 5) is 13.1. The number of aliphatic carboxylic acids is 1. The van der Waals surface area contributed by atoms with Crippen molar-refractivity contribution in [2.75, 3.05) is 13.1 Å². The average molecular weight is 184 g/mol. The predicted octanol–water partition coefficient (Wildman–Crippen LogP) is -0.104. The molecule has 0 aromatic rings. The maximum Gasteiger partial charge on any atom is 0.322 e. The van der Waals surface area contributed by atoms with Crippen molar-refractivity contribution in [1.82, 2.24) is 10.2 Å². The van der Waals surface area contributed by atoms with Crippen molar-refractivity contribution >= 4 is 5.97 Å². The summed E-state index contributed by atoms with van der Waals surface area (Å²) < 4.78 is 0. The molecule has 0 aromatic heterocycles. The van der Waals surface area contributed by atoms with Crippen LogP contribution in [0, 0.1) is 0 Å². The Morgan fingerprint density at radius 3 is 3.08 bits per heavy atom. The fourth-order valence-electron chi connectivity index (χ4n) is 2.51. The van der Waals surface area contributed by atoms with Gasteiger partial charge in [0.2, 0.25) is 0 Å². The lowest BCUT2D eigenvalue weighted by atomic mass is 10.0. The van der Waals surface area contributed by atoms with Crippen molar-refractivity contribution < 1.29 is 9.90 Å². The molecule has 13 heavy (non-hydrogen) atoms. The van der Waals surface area contributed by atoms with Crippen molar-refractivity contribution in [3.8, 4) is 0 Å². The van der Waals surface area contributed by atoms with E-state index in [1.807, 2.05) is 0 Å². The minimum Gasteiger partial charge on any atom is -0.480 e. The minimum absolute atomic E-state index is 0.317. The summed E-state index contributed by atoms with van der Waals surface area (Å²) in [6.07, 6.45) is 2.42. The Balaban J connectivity index is 2.05. The Bertz CT molecular complexity index is 220. The van der Waals surface area contributed by atoms with E-state index in [0.717, 1.165) is 6.54 Å². The van der Waals surface area contributed by atoms with Crippen molar-refractivity contribution in [3.63, 3.8) is 0 Å². The van der Waals surface area contributed by atoms with Gasteiger partial charge < -0.3 is 5.11 Å². The molecule has 2 aliphatic heterocycles. The number of nitrogens with one attached hydrogen (secondary N) is 1. The monoisotopic (exact) mass is 184 g/mol. The molecule has 2 rings (SSSR count). The largest absolute Gasteiger partial charge is 0.480 e. The smallest absolute Gasteiger partial charge is 0.322 e. The third-order valence-corrected chi connectivity index (χ3v) is 3.17. The van der Waals surface area contributed by atoms with Crippen molar-refractivity contribution in [2.45, 2.75) is 37.9 Å². The molecule has 0 radical (unpaired) electrons. The number of carbonyl (C=O) groups is 1. The Morgan fingerprint density at radius 1 is 1.62 bits per heavy atom. The second-order valence-electron chi connectivity index (χ2n) is 4.05. The van der Waals surface area contributed by atoms with Crippen molar-refractivity contribution in [1.29, 1.82) is 0 Å². The summed E-state index contributed by atoms with van der Waals surface area (Å²) in [5.41, 5.74) is 0. The molecule has 0 aromatic carbocycles. The van der Waals surface area contributed by atoms with Crippen LogP contribution in [0.25, 0.3) is 0 Å². The highest BCUT2D eigenvalue weighted by atomic mass is 16.4. The average Bonchev–Trinajstić information content (AvgIpc) is 2.51. The Morgan fingerprint density at radius 2 is 2.38 bits per heavy atom. The van der Waals surface area contributed by atoms with E-state index in [4.69, 9.17) is 5.11 Å². The van der Waals surface area contributed by atoms with Crippen molar-refractivity contribution in [3.05, 3.63) is 0 Å². The van der Waals surface area contributed by atoms with E-state index in [1.54, 1.807) is 0 Å². The first-order valence-electron chi connectivity index (χ1n) is 4.91. The highest BCUT2D eigenvalue weighted by molar-refractivity contribution is 5.74. The second kappa shape index (κ2) is 3.27. The molecule has 0 aliphatic carbocycles. The zero-order valence-corrected chi connectivity index (χ0v) is 7.86. The summed E-state index contributed by atoms with van der Waals surface area (Å²) in [5, 5.41) is 12.0. The molecule has 0 spiro atoms. The third kappa shape index (κ3) is 1.56. The summed E-state index contributed by atoms with van der Waals surface area (Å²) >= 11 is 0. The van der Waals surface area contributed by atoms with Crippen LogP contribution in [-0.4, -0.2) is 47.2 Å². The number of nitrogens with zero attached hydrogens (tertiary/aromatic N) is 1. The van der Waals surface area contributed by atoms with Gasteiger partial charge in [-0.25, -0.2) is 0 Å². The molecule has 2 saturated heterocycles. The maximum atomic E-state index is 10.8. The molecule has 1 unspecified atom stereocenters. The van der Waals surface area contributed by atoms with Crippen LogP contribution in [0.4, 0.5) is 0 Å². The van der Waals surface area contributed by atoms with E-state index in [9.17, 15) is 4.79 Å². The van der Waals surface area contributed by atoms with Gasteiger partial charge in [-0.2, -0.15) is 0 Å². The first-order chi connectivity index (χ1) is 6.18. The van der Waals surface area contributed by atoms with E-state index in [0.29, 0.717) is 18.6 Å². The van der Waals surface area contributed by atoms with Gasteiger partial charge >= 0.3 is 5.97 Å². The van der Waals surface area contributed by atoms with Gasteiger partial charge in [0.1, 0.15) is 6.04 Å². The lowest BCUT2D eigenvalue weighted by molar-refractivity contribution is -0.141. The van der Waals surface area contributed by atoms with Gasteiger partial charge in [-0.3, -0.25) is 15.0 Å². The molecular weight excluding hydrogens is 168 g/mol. The number of rotatable bonds is 1. The van der Waals surface area contributed by atoms with Gasteiger partial charge in [-0.1, -0.05) is 0 Å². The lowest BCUT2D eigenvalue weighted by Crippen LogP contribution is -2.61. The van der Waals surface area contributed by atoms with Crippen molar-refractivity contribution in [2.24, 2.45) is 0 Å². The fraction of sp³-hybridized carbons (Fsp3) is 0.889. The number of hydrogen-bond donors (Lipinski definition) is 2. The van der Waals surface area contributed by atoms with Gasteiger partial charge in [0.05, 0.1) is 0 Å². The normalized spacial score (nSPS) is 40.2. The lowest BCUT2D eigenvalue weighted by Gasteiger charge is -2.39. The van der Waals surface area contributed by atoms with E-state index < -0.39 is 5.97 Å². The summed E-state index contributed by atoms with van der Waals surface area (Å²) in [5.74, 6) is -0.725. The van der Waals surface area contributed by atoms with E-state index in [1.165, 1.54) is 12.8 Å². The van der Waals surface area contributed by atoms with E-state index in [2.05, 4.69) is 17.1 Å². The van der Waals surface area contributed by atoms with Crippen LogP contribution in [0.5, 0.6) is 0 Å². The summed E-state index contributed by atoms with van der Waals surface area (Å²) in [6, 6.07) is 0.511. The van der Waals surface area contributed by atoms with Crippen LogP contribution in [0.2, 0.25) is 0 Å². The summed E-state index contributed by atoms with van der Waals surface area (Å²) in [6.45, 7) is 3.82. The number of piperazine rings is 1. The van der Waals surface area contributed by atoms with Crippen LogP contribution < -0.4 is 5.32 Å². The molecule has 4 heteroatoms. The summed E-state index contributed by atoms with van der Waals surface area (Å²) in [7, 11) is 0. The van der Waals surface area contributed by atoms with E-state index in [-0.39, 0.29) is 6.04 Å². The number of fused-ring (bicyclic) bond motifs is 1. The molecule has 2 fully saturated rings. The SMILES string of the molecule is CC1N[C@H](C(=O)O)CN2CCC[C@H]12. The Labute approximate surface area is 77.9 Å². The first-order valence-corrected chi connectivity index (χ1v) is 4.91. The van der Waals surface area contributed by atoms with Crippen LogP contribution in [0.3, 0.4) is 0 Å². The molecule has 0 saturated carbocycles. The zero-order valence-electron chi connectivity index (χ0n) is 7.86. The molecular formula is C9H16N2O2. The molecule has 4 nitrogen and oxygen atoms in total. The van der Waals surface area contributed by atoms with Gasteiger partial charge in [0, 0.05) is 18.6 Å². The van der Waals surface area contributed by atoms with Gasteiger partial charge in [-0.15, -0.1) is 0 Å². The highest BCUT2D eigenvalue weighted by Gasteiger charge is 2.38. The van der Waals surface area contributed by atoms with E-state index >= 15 is 0 Å². The highest BCUT2D eigenvalue weighted by Crippen LogP contribution is 2.23. The molecule has 2 aliphatic rings. The van der Waals surface area contributed by atoms with Crippen LogP contribution in [0.1, 0.15) is 19.8 Å². The molecule has 2 heterocycles. The third-order valence-electron chi connectivity index (χ3n) is 3.17. The number of hydrogen-bond acceptors (Lipinski definition) is 3. The Kier molecular flexibility index (Phi) is 2.26. The molecule has 74 valence electrons. The first kappa shape index (κ1) is 8.97. The van der Waals surface area contributed by atoms with Gasteiger partial charge in [0.15, 0.2) is 0 Å². The minimum atomic E-state index is -0.725. The van der Waals surface area contributed by atoms with Gasteiger partial charge in [0.25, 0.3) is 0 Å². The Hall–Kier alpha value is -0.610.